The van der Waals surface area contributed by atoms with Gasteiger partial charge >= 0.3 is 0 Å². The highest BCUT2D eigenvalue weighted by Crippen LogP contribution is 2.31. The van der Waals surface area contributed by atoms with Crippen molar-refractivity contribution in [3.63, 3.8) is 0 Å². The third-order valence-corrected chi connectivity index (χ3v) is 5.01. The first-order chi connectivity index (χ1) is 10.2. The van der Waals surface area contributed by atoms with E-state index in [-0.39, 0.29) is 0 Å². The van der Waals surface area contributed by atoms with Crippen LogP contribution in [0, 0.1) is 0 Å². The third-order valence-electron chi connectivity index (χ3n) is 5.01. The van der Waals surface area contributed by atoms with E-state index in [1.54, 1.807) is 5.56 Å². The third kappa shape index (κ3) is 3.24. The molecule has 1 aromatic rings. The molecule has 1 aliphatic carbocycles. The van der Waals surface area contributed by atoms with Crippen molar-refractivity contribution in [1.29, 1.82) is 0 Å². The minimum atomic E-state index is 0.642. The summed E-state index contributed by atoms with van der Waals surface area (Å²) in [7, 11) is 2.23. The lowest BCUT2D eigenvalue weighted by Crippen LogP contribution is -2.49. The fourth-order valence-corrected chi connectivity index (χ4v) is 3.57. The molecule has 0 spiro atoms. The van der Waals surface area contributed by atoms with E-state index in [4.69, 9.17) is 4.74 Å². The van der Waals surface area contributed by atoms with E-state index in [1.165, 1.54) is 30.4 Å². The molecule has 0 bridgehead atoms. The van der Waals surface area contributed by atoms with E-state index in [9.17, 15) is 0 Å². The highest BCUT2D eigenvalue weighted by Gasteiger charge is 2.22. The van der Waals surface area contributed by atoms with Crippen LogP contribution in [-0.2, 0) is 19.4 Å². The molecule has 0 radical (unpaired) electrons. The number of fused-ring (bicyclic) bond motifs is 1. The molecular weight excluding hydrogens is 260 g/mol. The van der Waals surface area contributed by atoms with Gasteiger partial charge in [-0.1, -0.05) is 6.07 Å². The molecule has 1 fully saturated rings. The van der Waals surface area contributed by atoms with Gasteiger partial charge in [-0.25, -0.2) is 0 Å². The van der Waals surface area contributed by atoms with E-state index in [0.717, 1.165) is 38.5 Å². The van der Waals surface area contributed by atoms with Gasteiger partial charge in [0.1, 0.15) is 5.75 Å². The lowest BCUT2D eigenvalue weighted by Gasteiger charge is -2.38. The first-order valence-electron chi connectivity index (χ1n) is 8.37. The van der Waals surface area contributed by atoms with Crippen molar-refractivity contribution in [2.45, 2.75) is 45.7 Å². The van der Waals surface area contributed by atoms with Gasteiger partial charge in [-0.15, -0.1) is 0 Å². The van der Waals surface area contributed by atoms with Crippen LogP contribution in [0.2, 0.25) is 0 Å². The predicted molar refractivity (Wildman–Crippen MR) is 87.0 cm³/mol. The Morgan fingerprint density at radius 3 is 2.67 bits per heavy atom. The van der Waals surface area contributed by atoms with Crippen LogP contribution in [0.4, 0.5) is 0 Å². The fraction of sp³-hybridized carbons (Fsp3) is 0.667. The lowest BCUT2D eigenvalue weighted by molar-refractivity contribution is 0.0991. The summed E-state index contributed by atoms with van der Waals surface area (Å²) in [6.07, 6.45) is 3.77. The first kappa shape index (κ1) is 14.9. The molecule has 116 valence electrons. The van der Waals surface area contributed by atoms with Gasteiger partial charge in [-0.2, -0.15) is 0 Å². The molecule has 0 N–H and O–H groups in total. The number of piperazine rings is 1. The van der Waals surface area contributed by atoms with Gasteiger partial charge in [-0.3, -0.25) is 4.90 Å². The lowest BCUT2D eigenvalue weighted by atomic mass is 10.0. The number of hydrogen-bond acceptors (Lipinski definition) is 3. The van der Waals surface area contributed by atoms with Gasteiger partial charge < -0.3 is 9.64 Å². The molecule has 3 rings (SSSR count). The van der Waals surface area contributed by atoms with Crippen molar-refractivity contribution in [1.82, 2.24) is 9.80 Å². The molecule has 1 saturated heterocycles. The Hall–Kier alpha value is -1.06. The smallest absolute Gasteiger partial charge is 0.124 e. The molecule has 0 saturated carbocycles. The highest BCUT2D eigenvalue weighted by atomic mass is 16.5. The molecule has 0 amide bonds. The first-order valence-corrected chi connectivity index (χ1v) is 8.37. The van der Waals surface area contributed by atoms with Crippen LogP contribution in [0.3, 0.4) is 0 Å². The summed E-state index contributed by atoms with van der Waals surface area (Å²) in [5, 5.41) is 0. The van der Waals surface area contributed by atoms with Gasteiger partial charge in [0.25, 0.3) is 0 Å². The summed E-state index contributed by atoms with van der Waals surface area (Å²) in [5.74, 6) is 1.12. The largest absolute Gasteiger partial charge is 0.494 e. The van der Waals surface area contributed by atoms with Gasteiger partial charge in [0.2, 0.25) is 0 Å². The monoisotopic (exact) mass is 288 g/mol. The van der Waals surface area contributed by atoms with Crippen molar-refractivity contribution < 1.29 is 4.74 Å². The molecule has 3 heteroatoms. The van der Waals surface area contributed by atoms with Crippen LogP contribution >= 0.6 is 0 Å². The molecular formula is C18H28N2O. The number of aryl methyl sites for hydroxylation is 2. The zero-order valence-corrected chi connectivity index (χ0v) is 13.7. The van der Waals surface area contributed by atoms with Gasteiger partial charge in [0.15, 0.2) is 0 Å². The van der Waals surface area contributed by atoms with Crippen LogP contribution in [0.15, 0.2) is 12.1 Å². The average molecular weight is 288 g/mol. The van der Waals surface area contributed by atoms with Crippen LogP contribution in [0.1, 0.15) is 37.0 Å². The normalized spacial score (nSPS) is 23.3. The molecule has 1 atom stereocenters. The molecule has 21 heavy (non-hydrogen) atoms. The minimum absolute atomic E-state index is 0.642. The van der Waals surface area contributed by atoms with E-state index in [2.05, 4.69) is 42.8 Å². The van der Waals surface area contributed by atoms with E-state index >= 15 is 0 Å². The Morgan fingerprint density at radius 1 is 1.19 bits per heavy atom. The molecule has 2 aliphatic rings. The Labute approximate surface area is 128 Å². The van der Waals surface area contributed by atoms with E-state index in [1.807, 2.05) is 0 Å². The standard InChI is InChI=1S/C18H28N2O/c1-4-21-18-11-16-7-5-6-15(16)10-17(18)13-20-9-8-19(3)14(2)12-20/h10-11,14H,4-9,12-13H2,1-3H3/t14-/m0/s1. The zero-order chi connectivity index (χ0) is 14.8. The predicted octanol–water partition coefficient (Wildman–Crippen LogP) is 2.71. The second kappa shape index (κ2) is 6.37. The van der Waals surface area contributed by atoms with Crippen molar-refractivity contribution in [2.75, 3.05) is 33.3 Å². The Balaban J connectivity index is 1.77. The zero-order valence-electron chi connectivity index (χ0n) is 13.7. The summed E-state index contributed by atoms with van der Waals surface area (Å²) < 4.78 is 5.91. The number of hydrogen-bond donors (Lipinski definition) is 0. The maximum atomic E-state index is 5.91. The molecule has 1 aromatic carbocycles. The van der Waals surface area contributed by atoms with Crippen LogP contribution in [0.5, 0.6) is 5.75 Å². The minimum Gasteiger partial charge on any atom is -0.494 e. The number of likely N-dealkylation sites (N-methyl/N-ethyl adjacent to an activating group) is 1. The Kier molecular flexibility index (Phi) is 4.51. The average Bonchev–Trinajstić information content (AvgIpc) is 2.90. The molecule has 3 nitrogen and oxygen atoms in total. The summed E-state index contributed by atoms with van der Waals surface area (Å²) in [4.78, 5) is 5.02. The second-order valence-electron chi connectivity index (χ2n) is 6.58. The van der Waals surface area contributed by atoms with Crippen molar-refractivity contribution in [3.05, 3.63) is 28.8 Å². The summed E-state index contributed by atoms with van der Waals surface area (Å²) >= 11 is 0. The van der Waals surface area contributed by atoms with Gasteiger partial charge in [0.05, 0.1) is 6.61 Å². The fourth-order valence-electron chi connectivity index (χ4n) is 3.57. The van der Waals surface area contributed by atoms with Crippen molar-refractivity contribution in [2.24, 2.45) is 0 Å². The topological polar surface area (TPSA) is 15.7 Å². The summed E-state index contributed by atoms with van der Waals surface area (Å²) in [5.41, 5.74) is 4.44. The highest BCUT2D eigenvalue weighted by molar-refractivity contribution is 5.44. The molecule has 0 aromatic heterocycles. The quantitative estimate of drug-likeness (QED) is 0.847. The van der Waals surface area contributed by atoms with Crippen LogP contribution in [-0.4, -0.2) is 49.1 Å². The van der Waals surface area contributed by atoms with E-state index in [0.29, 0.717) is 6.04 Å². The van der Waals surface area contributed by atoms with Crippen molar-refractivity contribution >= 4 is 0 Å². The number of benzene rings is 1. The molecule has 0 unspecified atom stereocenters. The second-order valence-corrected chi connectivity index (χ2v) is 6.58. The number of nitrogens with zero attached hydrogens (tertiary/aromatic N) is 2. The van der Waals surface area contributed by atoms with Crippen LogP contribution < -0.4 is 4.74 Å². The Morgan fingerprint density at radius 2 is 1.95 bits per heavy atom. The molecule has 1 aliphatic heterocycles. The SMILES string of the molecule is CCOc1cc2c(cc1CN1CCN(C)[C@@H](C)C1)CCC2. The van der Waals surface area contributed by atoms with Crippen molar-refractivity contribution in [3.8, 4) is 5.75 Å². The maximum absolute atomic E-state index is 5.91. The number of rotatable bonds is 4. The number of ether oxygens (including phenoxy) is 1. The van der Waals surface area contributed by atoms with Gasteiger partial charge in [0, 0.05) is 37.8 Å². The molecule has 1 heterocycles. The Bertz CT molecular complexity index is 500. The summed E-state index contributed by atoms with van der Waals surface area (Å²) in [6.45, 7) is 9.65. The van der Waals surface area contributed by atoms with E-state index < -0.39 is 0 Å². The summed E-state index contributed by atoms with van der Waals surface area (Å²) in [6, 6.07) is 5.36. The van der Waals surface area contributed by atoms with Gasteiger partial charge in [-0.05, 0) is 57.4 Å². The van der Waals surface area contributed by atoms with Crippen LogP contribution in [0.25, 0.3) is 0 Å². The maximum Gasteiger partial charge on any atom is 0.124 e.